The summed E-state index contributed by atoms with van der Waals surface area (Å²) in [4.78, 5) is 27.9. The van der Waals surface area contributed by atoms with Crippen LogP contribution in [0.25, 0.3) is 0 Å². The zero-order valence-corrected chi connectivity index (χ0v) is 10.2. The SMILES string of the molecule is Cc1cccnc1CC(=O)N(C)C(C)C(=O)O. The van der Waals surface area contributed by atoms with E-state index < -0.39 is 12.0 Å². The molecule has 0 aliphatic rings. The van der Waals surface area contributed by atoms with Crippen molar-refractivity contribution in [2.75, 3.05) is 7.05 Å². The second-order valence-electron chi connectivity index (χ2n) is 3.96. The molecule has 1 aromatic heterocycles. The van der Waals surface area contributed by atoms with E-state index >= 15 is 0 Å². The zero-order valence-electron chi connectivity index (χ0n) is 10.2. The van der Waals surface area contributed by atoms with E-state index in [9.17, 15) is 9.59 Å². The number of nitrogens with zero attached hydrogens (tertiary/aromatic N) is 2. The van der Waals surface area contributed by atoms with Crippen LogP contribution in [0, 0.1) is 6.92 Å². The summed E-state index contributed by atoms with van der Waals surface area (Å²) >= 11 is 0. The maximum atomic E-state index is 11.8. The third-order valence-corrected chi connectivity index (χ3v) is 2.77. The third kappa shape index (κ3) is 3.27. The first-order valence-corrected chi connectivity index (χ1v) is 5.32. The van der Waals surface area contributed by atoms with Gasteiger partial charge in [-0.05, 0) is 25.5 Å². The minimum Gasteiger partial charge on any atom is -0.480 e. The summed E-state index contributed by atoms with van der Waals surface area (Å²) in [5.74, 6) is -1.26. The number of carboxylic acids is 1. The van der Waals surface area contributed by atoms with Gasteiger partial charge in [0.05, 0.1) is 12.1 Å². The molecule has 0 fully saturated rings. The number of pyridine rings is 1. The van der Waals surface area contributed by atoms with Crippen molar-refractivity contribution < 1.29 is 14.7 Å². The van der Waals surface area contributed by atoms with Gasteiger partial charge < -0.3 is 10.0 Å². The van der Waals surface area contributed by atoms with Crippen molar-refractivity contribution in [2.24, 2.45) is 0 Å². The molecular weight excluding hydrogens is 220 g/mol. The minimum atomic E-state index is -1.02. The van der Waals surface area contributed by atoms with Crippen LogP contribution in [-0.4, -0.2) is 40.0 Å². The summed E-state index contributed by atoms with van der Waals surface area (Å²) < 4.78 is 0. The molecular formula is C12H16N2O3. The summed E-state index contributed by atoms with van der Waals surface area (Å²) in [5.41, 5.74) is 1.61. The Morgan fingerprint density at radius 2 is 2.18 bits per heavy atom. The Bertz CT molecular complexity index is 432. The first-order valence-electron chi connectivity index (χ1n) is 5.32. The summed E-state index contributed by atoms with van der Waals surface area (Å²) in [5, 5.41) is 8.81. The number of aromatic nitrogens is 1. The van der Waals surface area contributed by atoms with Crippen molar-refractivity contribution >= 4 is 11.9 Å². The van der Waals surface area contributed by atoms with E-state index in [1.165, 1.54) is 18.9 Å². The molecule has 1 rings (SSSR count). The minimum absolute atomic E-state index is 0.126. The van der Waals surface area contributed by atoms with E-state index in [4.69, 9.17) is 5.11 Å². The zero-order chi connectivity index (χ0) is 13.0. The maximum absolute atomic E-state index is 11.8. The summed E-state index contributed by atoms with van der Waals surface area (Å²) in [6.45, 7) is 3.35. The average Bonchev–Trinajstić information content (AvgIpc) is 2.30. The van der Waals surface area contributed by atoms with Crippen molar-refractivity contribution in [2.45, 2.75) is 26.3 Å². The van der Waals surface area contributed by atoms with Gasteiger partial charge in [0.2, 0.25) is 5.91 Å². The molecule has 5 heteroatoms. The van der Waals surface area contributed by atoms with E-state index in [2.05, 4.69) is 4.98 Å². The second kappa shape index (κ2) is 5.43. The molecule has 92 valence electrons. The maximum Gasteiger partial charge on any atom is 0.326 e. The Hall–Kier alpha value is -1.91. The molecule has 1 unspecified atom stereocenters. The Balaban J connectivity index is 2.73. The highest BCUT2D eigenvalue weighted by Gasteiger charge is 2.22. The average molecular weight is 236 g/mol. The molecule has 17 heavy (non-hydrogen) atoms. The van der Waals surface area contributed by atoms with Gasteiger partial charge in [-0.1, -0.05) is 6.07 Å². The first kappa shape index (κ1) is 13.2. The van der Waals surface area contributed by atoms with E-state index in [0.29, 0.717) is 5.69 Å². The molecule has 0 radical (unpaired) electrons. The molecule has 1 amide bonds. The number of rotatable bonds is 4. The van der Waals surface area contributed by atoms with Crippen molar-refractivity contribution in [3.05, 3.63) is 29.6 Å². The first-order chi connectivity index (χ1) is 7.93. The third-order valence-electron chi connectivity index (χ3n) is 2.77. The quantitative estimate of drug-likeness (QED) is 0.841. The molecule has 0 saturated heterocycles. The highest BCUT2D eigenvalue weighted by Crippen LogP contribution is 2.07. The Kier molecular flexibility index (Phi) is 4.20. The van der Waals surface area contributed by atoms with Gasteiger partial charge >= 0.3 is 5.97 Å². The van der Waals surface area contributed by atoms with Crippen LogP contribution < -0.4 is 0 Å². The normalized spacial score (nSPS) is 11.9. The molecule has 1 N–H and O–H groups in total. The number of aryl methyl sites for hydroxylation is 1. The lowest BCUT2D eigenvalue weighted by Crippen LogP contribution is -2.41. The van der Waals surface area contributed by atoms with Crippen LogP contribution in [0.4, 0.5) is 0 Å². The largest absolute Gasteiger partial charge is 0.480 e. The molecule has 5 nitrogen and oxygen atoms in total. The highest BCUT2D eigenvalue weighted by molar-refractivity contribution is 5.84. The predicted molar refractivity (Wildman–Crippen MR) is 62.5 cm³/mol. The summed E-state index contributed by atoms with van der Waals surface area (Å²) in [6.07, 6.45) is 1.75. The van der Waals surface area contributed by atoms with E-state index in [-0.39, 0.29) is 12.3 Å². The van der Waals surface area contributed by atoms with Crippen molar-refractivity contribution in [3.63, 3.8) is 0 Å². The number of hydrogen-bond donors (Lipinski definition) is 1. The Labute approximate surface area is 100 Å². The van der Waals surface area contributed by atoms with Gasteiger partial charge in [0.15, 0.2) is 0 Å². The van der Waals surface area contributed by atoms with E-state index in [1.807, 2.05) is 13.0 Å². The molecule has 1 heterocycles. The standard InChI is InChI=1S/C12H16N2O3/c1-8-5-4-6-13-10(8)7-11(15)14(3)9(2)12(16)17/h4-6,9H,7H2,1-3H3,(H,16,17). The number of amides is 1. The Morgan fingerprint density at radius 1 is 1.53 bits per heavy atom. The van der Waals surface area contributed by atoms with Gasteiger partial charge in [-0.2, -0.15) is 0 Å². The molecule has 0 saturated carbocycles. The van der Waals surface area contributed by atoms with Crippen LogP contribution in [0.2, 0.25) is 0 Å². The molecule has 0 spiro atoms. The molecule has 1 atom stereocenters. The monoisotopic (exact) mass is 236 g/mol. The lowest BCUT2D eigenvalue weighted by Gasteiger charge is -2.21. The van der Waals surface area contributed by atoms with Crippen molar-refractivity contribution in [3.8, 4) is 0 Å². The van der Waals surface area contributed by atoms with Gasteiger partial charge in [0.1, 0.15) is 6.04 Å². The van der Waals surface area contributed by atoms with E-state index in [1.54, 1.807) is 12.3 Å². The molecule has 0 aliphatic heterocycles. The smallest absolute Gasteiger partial charge is 0.326 e. The van der Waals surface area contributed by atoms with Crippen LogP contribution in [0.15, 0.2) is 18.3 Å². The molecule has 0 bridgehead atoms. The van der Waals surface area contributed by atoms with Crippen LogP contribution in [0.1, 0.15) is 18.2 Å². The van der Waals surface area contributed by atoms with Crippen molar-refractivity contribution in [1.29, 1.82) is 0 Å². The lowest BCUT2D eigenvalue weighted by molar-refractivity contribution is -0.148. The number of carbonyl (C=O) groups excluding carboxylic acids is 1. The number of hydrogen-bond acceptors (Lipinski definition) is 3. The number of likely N-dealkylation sites (N-methyl/N-ethyl adjacent to an activating group) is 1. The second-order valence-corrected chi connectivity index (χ2v) is 3.96. The van der Waals surface area contributed by atoms with Crippen LogP contribution in [0.3, 0.4) is 0 Å². The van der Waals surface area contributed by atoms with Crippen LogP contribution in [0.5, 0.6) is 0 Å². The number of carbonyl (C=O) groups is 2. The van der Waals surface area contributed by atoms with E-state index in [0.717, 1.165) is 5.56 Å². The number of aliphatic carboxylic acids is 1. The fourth-order valence-corrected chi connectivity index (χ4v) is 1.35. The summed E-state index contributed by atoms with van der Waals surface area (Å²) in [6, 6.07) is 2.84. The molecule has 0 aromatic carbocycles. The highest BCUT2D eigenvalue weighted by atomic mass is 16.4. The molecule has 0 aliphatic carbocycles. The lowest BCUT2D eigenvalue weighted by atomic mass is 10.1. The topological polar surface area (TPSA) is 70.5 Å². The van der Waals surface area contributed by atoms with Crippen LogP contribution >= 0.6 is 0 Å². The van der Waals surface area contributed by atoms with Crippen LogP contribution in [-0.2, 0) is 16.0 Å². The van der Waals surface area contributed by atoms with Crippen molar-refractivity contribution in [1.82, 2.24) is 9.88 Å². The Morgan fingerprint density at radius 3 is 2.71 bits per heavy atom. The summed E-state index contributed by atoms with van der Waals surface area (Å²) in [7, 11) is 1.49. The van der Waals surface area contributed by atoms with Gasteiger partial charge in [-0.15, -0.1) is 0 Å². The fourth-order valence-electron chi connectivity index (χ4n) is 1.35. The predicted octanol–water partition coefficient (Wildman–Crippen LogP) is 0.864. The number of carboxylic acid groups (broad SMARTS) is 1. The fraction of sp³-hybridized carbons (Fsp3) is 0.417. The van der Waals surface area contributed by atoms with Gasteiger partial charge in [0.25, 0.3) is 0 Å². The van der Waals surface area contributed by atoms with Gasteiger partial charge in [-0.3, -0.25) is 9.78 Å². The van der Waals surface area contributed by atoms with Gasteiger partial charge in [-0.25, -0.2) is 4.79 Å². The van der Waals surface area contributed by atoms with Gasteiger partial charge in [0, 0.05) is 13.2 Å². The molecule has 1 aromatic rings.